The Bertz CT molecular complexity index is 605. The quantitative estimate of drug-likeness (QED) is 0.822. The minimum absolute atomic E-state index is 0.0171. The van der Waals surface area contributed by atoms with Crippen LogP contribution in [0.15, 0.2) is 18.2 Å². The van der Waals surface area contributed by atoms with Crippen LogP contribution in [-0.2, 0) is 0 Å². The minimum atomic E-state index is -1.11. The molecule has 1 saturated carbocycles. The molecule has 110 valence electrons. The maximum Gasteiger partial charge on any atom is 0.335 e. The van der Waals surface area contributed by atoms with Gasteiger partial charge in [0.1, 0.15) is 0 Å². The molecule has 0 heterocycles. The number of anilines is 1. The highest BCUT2D eigenvalue weighted by Gasteiger charge is 2.26. The highest BCUT2D eigenvalue weighted by molar-refractivity contribution is 6.31. The SMILES string of the molecule is C#CCN(CC1CC1)C(=O)Nc1cc(Cl)cc(C(=O)O)c1. The van der Waals surface area contributed by atoms with E-state index >= 15 is 0 Å². The number of carboxylic acid groups (broad SMARTS) is 1. The molecule has 2 rings (SSSR count). The zero-order valence-electron chi connectivity index (χ0n) is 11.3. The predicted molar refractivity (Wildman–Crippen MR) is 80.6 cm³/mol. The summed E-state index contributed by atoms with van der Waals surface area (Å²) in [5.41, 5.74) is 0.353. The van der Waals surface area contributed by atoms with Crippen molar-refractivity contribution in [1.82, 2.24) is 4.90 Å². The fourth-order valence-corrected chi connectivity index (χ4v) is 2.16. The van der Waals surface area contributed by atoms with E-state index < -0.39 is 5.97 Å². The van der Waals surface area contributed by atoms with Gasteiger partial charge in [0.25, 0.3) is 0 Å². The van der Waals surface area contributed by atoms with E-state index in [1.807, 2.05) is 0 Å². The van der Waals surface area contributed by atoms with E-state index in [0.29, 0.717) is 18.2 Å². The summed E-state index contributed by atoms with van der Waals surface area (Å²) < 4.78 is 0. The number of carbonyl (C=O) groups is 2. The molecule has 0 atom stereocenters. The Kier molecular flexibility index (Phi) is 4.71. The van der Waals surface area contributed by atoms with Gasteiger partial charge in [-0.3, -0.25) is 0 Å². The van der Waals surface area contributed by atoms with E-state index in [2.05, 4.69) is 11.2 Å². The van der Waals surface area contributed by atoms with Gasteiger partial charge in [-0.15, -0.1) is 6.42 Å². The molecular weight excluding hydrogens is 292 g/mol. The molecule has 2 amide bonds. The van der Waals surface area contributed by atoms with Gasteiger partial charge < -0.3 is 15.3 Å². The number of aromatic carboxylic acids is 1. The van der Waals surface area contributed by atoms with Crippen molar-refractivity contribution >= 4 is 29.3 Å². The molecule has 1 aromatic carbocycles. The molecule has 1 aromatic rings. The van der Waals surface area contributed by atoms with Crippen LogP contribution in [0.2, 0.25) is 5.02 Å². The van der Waals surface area contributed by atoms with E-state index in [1.54, 1.807) is 4.90 Å². The number of terminal acetylenes is 1. The van der Waals surface area contributed by atoms with Crippen LogP contribution >= 0.6 is 11.6 Å². The summed E-state index contributed by atoms with van der Waals surface area (Å²) in [6, 6.07) is 3.83. The topological polar surface area (TPSA) is 69.6 Å². The number of nitrogens with zero attached hydrogens (tertiary/aromatic N) is 1. The largest absolute Gasteiger partial charge is 0.478 e. The standard InChI is InChI=1S/C15H15ClN2O3/c1-2-5-18(9-10-3-4-10)15(21)17-13-7-11(14(19)20)6-12(16)8-13/h1,6-8,10H,3-5,9H2,(H,17,21)(H,19,20). The summed E-state index contributed by atoms with van der Waals surface area (Å²) in [4.78, 5) is 24.7. The molecule has 0 aliphatic heterocycles. The molecule has 0 radical (unpaired) electrons. The van der Waals surface area contributed by atoms with E-state index in [0.717, 1.165) is 12.8 Å². The maximum atomic E-state index is 12.2. The van der Waals surface area contributed by atoms with Gasteiger partial charge >= 0.3 is 12.0 Å². The highest BCUT2D eigenvalue weighted by Crippen LogP contribution is 2.30. The van der Waals surface area contributed by atoms with E-state index in [4.69, 9.17) is 23.1 Å². The Labute approximate surface area is 127 Å². The third-order valence-electron chi connectivity index (χ3n) is 3.14. The van der Waals surface area contributed by atoms with Gasteiger partial charge in [0.2, 0.25) is 0 Å². The summed E-state index contributed by atoms with van der Waals surface area (Å²) in [5.74, 6) is 1.86. The first kappa shape index (κ1) is 15.2. The first-order valence-electron chi connectivity index (χ1n) is 6.53. The van der Waals surface area contributed by atoms with Crippen LogP contribution in [0.3, 0.4) is 0 Å². The molecule has 0 unspecified atom stereocenters. The Morgan fingerprint density at radius 1 is 1.43 bits per heavy atom. The molecule has 0 bridgehead atoms. The number of urea groups is 1. The van der Waals surface area contributed by atoms with Crippen LogP contribution < -0.4 is 5.32 Å². The number of carbonyl (C=O) groups excluding carboxylic acids is 1. The van der Waals surface area contributed by atoms with Crippen molar-refractivity contribution in [2.24, 2.45) is 5.92 Å². The van der Waals surface area contributed by atoms with E-state index in [1.165, 1.54) is 18.2 Å². The summed E-state index contributed by atoms with van der Waals surface area (Å²) in [7, 11) is 0. The molecule has 0 spiro atoms. The lowest BCUT2D eigenvalue weighted by Crippen LogP contribution is -2.36. The second kappa shape index (κ2) is 6.51. The molecule has 5 nitrogen and oxygen atoms in total. The molecule has 6 heteroatoms. The van der Waals surface area contributed by atoms with E-state index in [-0.39, 0.29) is 23.2 Å². The smallest absolute Gasteiger partial charge is 0.335 e. The number of hydrogen-bond donors (Lipinski definition) is 2. The van der Waals surface area contributed by atoms with Gasteiger partial charge in [-0.1, -0.05) is 17.5 Å². The Hall–Kier alpha value is -2.19. The summed E-state index contributed by atoms with van der Waals surface area (Å²) >= 11 is 5.85. The van der Waals surface area contributed by atoms with Crippen LogP contribution in [0.25, 0.3) is 0 Å². The second-order valence-corrected chi connectivity index (χ2v) is 5.43. The van der Waals surface area contributed by atoms with Crippen molar-refractivity contribution in [1.29, 1.82) is 0 Å². The van der Waals surface area contributed by atoms with Crippen molar-refractivity contribution in [3.8, 4) is 12.3 Å². The van der Waals surface area contributed by atoms with Crippen LogP contribution in [0.4, 0.5) is 10.5 Å². The number of benzene rings is 1. The first-order valence-corrected chi connectivity index (χ1v) is 6.90. The number of halogens is 1. The minimum Gasteiger partial charge on any atom is -0.478 e. The lowest BCUT2D eigenvalue weighted by molar-refractivity contribution is 0.0697. The van der Waals surface area contributed by atoms with Gasteiger partial charge in [-0.05, 0) is 37.0 Å². The van der Waals surface area contributed by atoms with Crippen LogP contribution in [-0.4, -0.2) is 35.1 Å². The maximum absolute atomic E-state index is 12.2. The zero-order chi connectivity index (χ0) is 15.4. The van der Waals surface area contributed by atoms with Gasteiger partial charge in [0.05, 0.1) is 12.1 Å². The first-order chi connectivity index (χ1) is 9.99. The van der Waals surface area contributed by atoms with Crippen molar-refractivity contribution in [3.63, 3.8) is 0 Å². The zero-order valence-corrected chi connectivity index (χ0v) is 12.1. The predicted octanol–water partition coefficient (Wildman–Crippen LogP) is 2.92. The monoisotopic (exact) mass is 306 g/mol. The average molecular weight is 307 g/mol. The van der Waals surface area contributed by atoms with Crippen molar-refractivity contribution in [2.45, 2.75) is 12.8 Å². The van der Waals surface area contributed by atoms with Crippen LogP contribution in [0.5, 0.6) is 0 Å². The third-order valence-corrected chi connectivity index (χ3v) is 3.36. The van der Waals surface area contributed by atoms with Crippen LogP contribution in [0.1, 0.15) is 23.2 Å². The number of amides is 2. The van der Waals surface area contributed by atoms with Crippen molar-refractivity contribution < 1.29 is 14.7 Å². The Morgan fingerprint density at radius 2 is 2.14 bits per heavy atom. The van der Waals surface area contributed by atoms with Gasteiger partial charge in [0, 0.05) is 17.3 Å². The second-order valence-electron chi connectivity index (χ2n) is 4.99. The molecule has 0 saturated heterocycles. The third kappa shape index (κ3) is 4.40. The Balaban J connectivity index is 2.09. The van der Waals surface area contributed by atoms with Gasteiger partial charge in [0.15, 0.2) is 0 Å². The number of hydrogen-bond acceptors (Lipinski definition) is 2. The summed E-state index contributed by atoms with van der Waals surface area (Å²) in [6.07, 6.45) is 7.49. The van der Waals surface area contributed by atoms with E-state index in [9.17, 15) is 9.59 Å². The van der Waals surface area contributed by atoms with Gasteiger partial charge in [-0.25, -0.2) is 9.59 Å². The average Bonchev–Trinajstić information content (AvgIpc) is 3.21. The fourth-order valence-electron chi connectivity index (χ4n) is 1.93. The molecular formula is C15H15ClN2O3. The lowest BCUT2D eigenvalue weighted by atomic mass is 10.2. The summed E-state index contributed by atoms with van der Waals surface area (Å²) in [5, 5.41) is 11.9. The number of rotatable bonds is 5. The lowest BCUT2D eigenvalue weighted by Gasteiger charge is -2.20. The van der Waals surface area contributed by atoms with Crippen molar-refractivity contribution in [2.75, 3.05) is 18.4 Å². The Morgan fingerprint density at radius 3 is 2.71 bits per heavy atom. The summed E-state index contributed by atoms with van der Waals surface area (Å²) in [6.45, 7) is 0.830. The van der Waals surface area contributed by atoms with Crippen molar-refractivity contribution in [3.05, 3.63) is 28.8 Å². The van der Waals surface area contributed by atoms with Crippen LogP contribution in [0, 0.1) is 18.3 Å². The molecule has 21 heavy (non-hydrogen) atoms. The normalized spacial score (nSPS) is 13.3. The van der Waals surface area contributed by atoms with Gasteiger partial charge in [-0.2, -0.15) is 0 Å². The molecule has 0 aromatic heterocycles. The molecule has 1 aliphatic rings. The number of carboxylic acids is 1. The fraction of sp³-hybridized carbons (Fsp3) is 0.333. The number of nitrogens with one attached hydrogen (secondary N) is 1. The molecule has 1 fully saturated rings. The highest BCUT2D eigenvalue weighted by atomic mass is 35.5. The molecule has 1 aliphatic carbocycles. The molecule has 2 N–H and O–H groups in total.